The fraction of sp³-hybridized carbons (Fsp3) is 0.150. The molecular formula is C20H23Hf-3. The maximum absolute atomic E-state index is 2.32. The number of aryl methyl sites for hydroxylation is 2. The second-order valence-corrected chi connectivity index (χ2v) is 5.04. The standard InChI is InChI=1S/C18H17.2CH3.Hf/c1-13-10-16-8-9-17(18(16)11-14(13)2)12-15-6-4-3-5-7-15;;;/h3-11H,12H2,1-2H3;2*1H3;/q3*-1;. The predicted molar refractivity (Wildman–Crippen MR) is 91.1 cm³/mol. The van der Waals surface area contributed by atoms with Gasteiger partial charge in [-0.1, -0.05) is 47.0 Å². The number of hydrogen-bond donors (Lipinski definition) is 0. The topological polar surface area (TPSA) is 0 Å². The van der Waals surface area contributed by atoms with Crippen LogP contribution in [0.2, 0.25) is 0 Å². The summed E-state index contributed by atoms with van der Waals surface area (Å²) in [4.78, 5) is 0. The van der Waals surface area contributed by atoms with Crippen molar-refractivity contribution >= 4 is 10.8 Å². The summed E-state index contributed by atoms with van der Waals surface area (Å²) in [5.74, 6) is 0. The Bertz CT molecular complexity index is 678. The van der Waals surface area contributed by atoms with Crippen LogP contribution in [0.3, 0.4) is 0 Å². The van der Waals surface area contributed by atoms with E-state index in [2.05, 4.69) is 68.4 Å². The molecule has 0 amide bonds. The van der Waals surface area contributed by atoms with E-state index in [0.717, 1.165) is 6.42 Å². The molecule has 3 rings (SSSR count). The van der Waals surface area contributed by atoms with Gasteiger partial charge in [-0.15, -0.1) is 34.5 Å². The summed E-state index contributed by atoms with van der Waals surface area (Å²) in [6, 6.07) is 19.8. The molecule has 0 saturated carbocycles. The minimum atomic E-state index is 0. The Hall–Kier alpha value is -1.08. The monoisotopic (exact) mass is 443 g/mol. The SMILES string of the molecule is Cc1cc2cc[c-](Cc3ccccc3)c2cc1C.[CH3-].[CH3-].[Hf]. The first-order chi connectivity index (χ1) is 8.74. The maximum atomic E-state index is 2.32. The van der Waals surface area contributed by atoms with Crippen molar-refractivity contribution in [3.05, 3.63) is 91.7 Å². The smallest absolute Gasteiger partial charge is 0 e. The molecule has 0 aromatic heterocycles. The molecule has 0 spiro atoms. The summed E-state index contributed by atoms with van der Waals surface area (Å²) in [6.45, 7) is 4.37. The van der Waals surface area contributed by atoms with E-state index < -0.39 is 0 Å². The molecule has 0 heterocycles. The average molecular weight is 442 g/mol. The van der Waals surface area contributed by atoms with Crippen LogP contribution < -0.4 is 0 Å². The first kappa shape index (κ1) is 19.9. The zero-order valence-corrected chi connectivity index (χ0v) is 17.0. The van der Waals surface area contributed by atoms with Crippen LogP contribution >= 0.6 is 0 Å². The maximum Gasteiger partial charge on any atom is 0 e. The fourth-order valence-electron chi connectivity index (χ4n) is 2.50. The van der Waals surface area contributed by atoms with Gasteiger partial charge in [-0.2, -0.15) is 6.07 Å². The van der Waals surface area contributed by atoms with Crippen molar-refractivity contribution in [2.24, 2.45) is 0 Å². The van der Waals surface area contributed by atoms with Gasteiger partial charge in [0.15, 0.2) is 0 Å². The molecule has 0 aliphatic rings. The van der Waals surface area contributed by atoms with E-state index in [0.29, 0.717) is 0 Å². The Labute approximate surface area is 148 Å². The van der Waals surface area contributed by atoms with Crippen molar-refractivity contribution in [1.29, 1.82) is 0 Å². The third-order valence-electron chi connectivity index (χ3n) is 3.71. The molecule has 1 heteroatoms. The van der Waals surface area contributed by atoms with Crippen molar-refractivity contribution in [2.45, 2.75) is 20.3 Å². The van der Waals surface area contributed by atoms with Crippen LogP contribution in [-0.2, 0) is 32.3 Å². The molecule has 0 saturated heterocycles. The minimum Gasteiger partial charge on any atom is -0.358 e. The van der Waals surface area contributed by atoms with Crippen molar-refractivity contribution < 1.29 is 25.8 Å². The van der Waals surface area contributed by atoms with E-state index in [1.54, 1.807) is 0 Å². The normalized spacial score (nSPS) is 9.43. The molecule has 3 aromatic carbocycles. The van der Waals surface area contributed by atoms with Gasteiger partial charge in [-0.3, -0.25) is 0 Å². The minimum absolute atomic E-state index is 0. The summed E-state index contributed by atoms with van der Waals surface area (Å²) < 4.78 is 0. The van der Waals surface area contributed by atoms with E-state index in [1.165, 1.54) is 33.0 Å². The van der Waals surface area contributed by atoms with Crippen LogP contribution in [0.5, 0.6) is 0 Å². The molecule has 0 unspecified atom stereocenters. The summed E-state index contributed by atoms with van der Waals surface area (Å²) in [6.07, 6.45) is 1.02. The summed E-state index contributed by atoms with van der Waals surface area (Å²) in [5, 5.41) is 2.77. The van der Waals surface area contributed by atoms with Gasteiger partial charge < -0.3 is 14.9 Å². The van der Waals surface area contributed by atoms with Gasteiger partial charge in [0.05, 0.1) is 0 Å². The first-order valence-corrected chi connectivity index (χ1v) is 6.43. The molecule has 110 valence electrons. The molecule has 0 fully saturated rings. The van der Waals surface area contributed by atoms with Gasteiger partial charge in [-0.05, 0) is 20.3 Å². The Morgan fingerprint density at radius 1 is 0.857 bits per heavy atom. The Kier molecular flexibility index (Phi) is 7.95. The van der Waals surface area contributed by atoms with Gasteiger partial charge >= 0.3 is 0 Å². The van der Waals surface area contributed by atoms with E-state index in [1.807, 2.05) is 0 Å². The second kappa shape index (κ2) is 8.38. The molecule has 0 aliphatic heterocycles. The van der Waals surface area contributed by atoms with Crippen molar-refractivity contribution in [3.8, 4) is 0 Å². The van der Waals surface area contributed by atoms with E-state index in [-0.39, 0.29) is 40.7 Å². The van der Waals surface area contributed by atoms with Crippen molar-refractivity contribution in [3.63, 3.8) is 0 Å². The Balaban J connectivity index is 0.00000133. The molecule has 0 atom stereocenters. The zero-order valence-electron chi connectivity index (χ0n) is 13.4. The molecule has 0 bridgehead atoms. The summed E-state index contributed by atoms with van der Waals surface area (Å²) in [5.41, 5.74) is 5.56. The van der Waals surface area contributed by atoms with Gasteiger partial charge in [0, 0.05) is 25.8 Å². The fourth-order valence-corrected chi connectivity index (χ4v) is 2.50. The third-order valence-corrected chi connectivity index (χ3v) is 3.71. The first-order valence-electron chi connectivity index (χ1n) is 6.43. The molecule has 0 nitrogen and oxygen atoms in total. The van der Waals surface area contributed by atoms with Gasteiger partial charge in [-0.25, -0.2) is 0 Å². The molecule has 3 aromatic rings. The molecular weight excluding hydrogens is 419 g/mol. The van der Waals surface area contributed by atoms with E-state index >= 15 is 0 Å². The van der Waals surface area contributed by atoms with Crippen LogP contribution in [0, 0.1) is 28.7 Å². The number of fused-ring (bicyclic) bond motifs is 1. The molecule has 0 radical (unpaired) electrons. The van der Waals surface area contributed by atoms with Gasteiger partial charge in [0.25, 0.3) is 0 Å². The third kappa shape index (κ3) is 4.20. The molecule has 0 aliphatic carbocycles. The summed E-state index contributed by atoms with van der Waals surface area (Å²) in [7, 11) is 0. The number of benzene rings is 2. The van der Waals surface area contributed by atoms with Gasteiger partial charge in [0.1, 0.15) is 0 Å². The van der Waals surface area contributed by atoms with Gasteiger partial charge in [0.2, 0.25) is 0 Å². The Morgan fingerprint density at radius 3 is 2.14 bits per heavy atom. The van der Waals surface area contributed by atoms with Crippen molar-refractivity contribution in [1.82, 2.24) is 0 Å². The Morgan fingerprint density at radius 2 is 1.48 bits per heavy atom. The quantitative estimate of drug-likeness (QED) is 0.355. The van der Waals surface area contributed by atoms with E-state index in [9.17, 15) is 0 Å². The largest absolute Gasteiger partial charge is 0.358 e. The molecule has 0 N–H and O–H groups in total. The zero-order chi connectivity index (χ0) is 12.5. The van der Waals surface area contributed by atoms with Crippen LogP contribution in [0.25, 0.3) is 10.8 Å². The van der Waals surface area contributed by atoms with Crippen LogP contribution in [-0.4, -0.2) is 0 Å². The van der Waals surface area contributed by atoms with E-state index in [4.69, 9.17) is 0 Å². The number of rotatable bonds is 2. The molecule has 21 heavy (non-hydrogen) atoms. The second-order valence-electron chi connectivity index (χ2n) is 5.04. The van der Waals surface area contributed by atoms with Crippen molar-refractivity contribution in [2.75, 3.05) is 0 Å². The number of hydrogen-bond acceptors (Lipinski definition) is 0. The predicted octanol–water partition coefficient (Wildman–Crippen LogP) is 5.66. The van der Waals surface area contributed by atoms with Crippen LogP contribution in [0.1, 0.15) is 22.3 Å². The van der Waals surface area contributed by atoms with Crippen LogP contribution in [0.15, 0.2) is 54.6 Å². The summed E-state index contributed by atoms with van der Waals surface area (Å²) >= 11 is 0. The average Bonchev–Trinajstić information content (AvgIpc) is 2.74. The van der Waals surface area contributed by atoms with Crippen LogP contribution in [0.4, 0.5) is 0 Å².